The van der Waals surface area contributed by atoms with E-state index in [-0.39, 0.29) is 30.3 Å². The van der Waals surface area contributed by atoms with Crippen molar-refractivity contribution in [2.45, 2.75) is 45.7 Å². The Labute approximate surface area is 269 Å². The van der Waals surface area contributed by atoms with Gasteiger partial charge in [0.25, 0.3) is 0 Å². The van der Waals surface area contributed by atoms with Crippen LogP contribution in [0.2, 0.25) is 10.0 Å². The fourth-order valence-electron chi connectivity index (χ4n) is 4.82. The molecule has 0 bridgehead atoms. The molecule has 3 aromatic carbocycles. The van der Waals surface area contributed by atoms with Crippen LogP contribution >= 0.6 is 23.2 Å². The number of sulfonamides is 1. The first-order valence-electron chi connectivity index (χ1n) is 14.6. The maximum absolute atomic E-state index is 14.4. The SMILES string of the molecule is CCCCNC(=O)[C@@H](Cc1ccccc1)N(Cc1c(Cl)cccc1Cl)C(=O)CN(c1ccc2c(c1)OCCO2)S(=O)(=O)CC. The van der Waals surface area contributed by atoms with Crippen molar-refractivity contribution in [3.8, 4) is 11.5 Å². The second-order valence-corrected chi connectivity index (χ2v) is 13.3. The molecule has 236 valence electrons. The first-order valence-corrected chi connectivity index (χ1v) is 16.9. The van der Waals surface area contributed by atoms with Crippen LogP contribution in [0.1, 0.15) is 37.8 Å². The number of carbonyl (C=O) groups is 2. The highest BCUT2D eigenvalue weighted by Crippen LogP contribution is 2.35. The number of fused-ring (bicyclic) bond motifs is 1. The van der Waals surface area contributed by atoms with Crippen LogP contribution in [0.5, 0.6) is 11.5 Å². The van der Waals surface area contributed by atoms with Crippen LogP contribution in [0.15, 0.2) is 66.7 Å². The van der Waals surface area contributed by atoms with E-state index in [0.717, 1.165) is 22.7 Å². The van der Waals surface area contributed by atoms with Gasteiger partial charge in [0.05, 0.1) is 11.4 Å². The molecule has 12 heteroatoms. The predicted molar refractivity (Wildman–Crippen MR) is 173 cm³/mol. The first-order chi connectivity index (χ1) is 21.1. The zero-order valence-electron chi connectivity index (χ0n) is 24.8. The molecule has 0 radical (unpaired) electrons. The highest BCUT2D eigenvalue weighted by atomic mass is 35.5. The number of hydrogen-bond donors (Lipinski definition) is 1. The van der Waals surface area contributed by atoms with Crippen LogP contribution in [0.25, 0.3) is 0 Å². The van der Waals surface area contributed by atoms with E-state index in [2.05, 4.69) is 5.32 Å². The summed E-state index contributed by atoms with van der Waals surface area (Å²) in [4.78, 5) is 29.5. The molecule has 1 N–H and O–H groups in total. The third-order valence-electron chi connectivity index (χ3n) is 7.28. The summed E-state index contributed by atoms with van der Waals surface area (Å²) in [6.07, 6.45) is 1.83. The Balaban J connectivity index is 1.77. The van der Waals surface area contributed by atoms with Crippen molar-refractivity contribution in [2.75, 3.05) is 36.4 Å². The number of benzene rings is 3. The molecule has 0 aromatic heterocycles. The second kappa shape index (κ2) is 15.5. The molecule has 0 saturated carbocycles. The smallest absolute Gasteiger partial charge is 0.244 e. The van der Waals surface area contributed by atoms with Gasteiger partial charge in [0.2, 0.25) is 21.8 Å². The lowest BCUT2D eigenvalue weighted by molar-refractivity contribution is -0.140. The lowest BCUT2D eigenvalue weighted by Gasteiger charge is -2.34. The summed E-state index contributed by atoms with van der Waals surface area (Å²) in [6, 6.07) is 18.1. The Hall–Kier alpha value is -3.47. The molecule has 0 fully saturated rings. The second-order valence-electron chi connectivity index (χ2n) is 10.3. The summed E-state index contributed by atoms with van der Waals surface area (Å²) in [7, 11) is -3.94. The zero-order valence-corrected chi connectivity index (χ0v) is 27.1. The van der Waals surface area contributed by atoms with Crippen molar-refractivity contribution in [1.82, 2.24) is 10.2 Å². The Morgan fingerprint density at radius 1 is 0.932 bits per heavy atom. The lowest BCUT2D eigenvalue weighted by Crippen LogP contribution is -2.53. The fraction of sp³-hybridized carbons (Fsp3) is 0.375. The van der Waals surface area contributed by atoms with Crippen molar-refractivity contribution >= 4 is 50.7 Å². The molecule has 44 heavy (non-hydrogen) atoms. The molecule has 2 amide bonds. The van der Waals surface area contributed by atoms with E-state index < -0.39 is 28.5 Å². The van der Waals surface area contributed by atoms with Crippen LogP contribution in [0.3, 0.4) is 0 Å². The van der Waals surface area contributed by atoms with Crippen molar-refractivity contribution in [2.24, 2.45) is 0 Å². The third-order valence-corrected chi connectivity index (χ3v) is 9.73. The van der Waals surface area contributed by atoms with Crippen molar-refractivity contribution in [3.63, 3.8) is 0 Å². The summed E-state index contributed by atoms with van der Waals surface area (Å²) >= 11 is 13.1. The van der Waals surface area contributed by atoms with Crippen LogP contribution in [-0.4, -0.2) is 63.2 Å². The molecule has 0 saturated heterocycles. The van der Waals surface area contributed by atoms with E-state index >= 15 is 0 Å². The quantitative estimate of drug-likeness (QED) is 0.230. The maximum Gasteiger partial charge on any atom is 0.244 e. The van der Waals surface area contributed by atoms with Gasteiger partial charge in [-0.2, -0.15) is 0 Å². The summed E-state index contributed by atoms with van der Waals surface area (Å²) in [5.74, 6) is -0.338. The molecule has 1 heterocycles. The molecule has 1 aliphatic rings. The van der Waals surface area contributed by atoms with Gasteiger partial charge in [-0.05, 0) is 43.2 Å². The minimum atomic E-state index is -3.94. The van der Waals surface area contributed by atoms with Crippen LogP contribution in [0, 0.1) is 0 Å². The average Bonchev–Trinajstić information content (AvgIpc) is 3.03. The van der Waals surface area contributed by atoms with E-state index in [9.17, 15) is 18.0 Å². The Kier molecular flexibility index (Phi) is 11.8. The molecule has 0 unspecified atom stereocenters. The summed E-state index contributed by atoms with van der Waals surface area (Å²) in [5.41, 5.74) is 1.52. The van der Waals surface area contributed by atoms with Gasteiger partial charge in [0, 0.05) is 41.2 Å². The van der Waals surface area contributed by atoms with E-state index in [4.69, 9.17) is 32.7 Å². The number of hydrogen-bond acceptors (Lipinski definition) is 6. The Morgan fingerprint density at radius 2 is 1.61 bits per heavy atom. The van der Waals surface area contributed by atoms with Gasteiger partial charge >= 0.3 is 0 Å². The number of nitrogens with one attached hydrogen (secondary N) is 1. The van der Waals surface area contributed by atoms with E-state index in [1.54, 1.807) is 36.4 Å². The van der Waals surface area contributed by atoms with Gasteiger partial charge in [0.15, 0.2) is 11.5 Å². The largest absolute Gasteiger partial charge is 0.486 e. The number of nitrogens with zero attached hydrogens (tertiary/aromatic N) is 2. The highest BCUT2D eigenvalue weighted by Gasteiger charge is 2.34. The minimum absolute atomic E-state index is 0.114. The topological polar surface area (TPSA) is 105 Å². The van der Waals surface area contributed by atoms with E-state index in [1.165, 1.54) is 11.8 Å². The minimum Gasteiger partial charge on any atom is -0.486 e. The third kappa shape index (κ3) is 8.37. The fourth-order valence-corrected chi connectivity index (χ4v) is 6.39. The maximum atomic E-state index is 14.4. The van der Waals surface area contributed by atoms with Crippen molar-refractivity contribution in [1.29, 1.82) is 0 Å². The molecule has 1 atom stereocenters. The van der Waals surface area contributed by atoms with Crippen LogP contribution in [-0.2, 0) is 32.6 Å². The average molecular weight is 663 g/mol. The van der Waals surface area contributed by atoms with Gasteiger partial charge in [0.1, 0.15) is 25.8 Å². The van der Waals surface area contributed by atoms with Crippen LogP contribution < -0.4 is 19.1 Å². The van der Waals surface area contributed by atoms with Crippen LogP contribution in [0.4, 0.5) is 5.69 Å². The van der Waals surface area contributed by atoms with Gasteiger partial charge in [-0.3, -0.25) is 13.9 Å². The molecule has 1 aliphatic heterocycles. The number of ether oxygens (including phenoxy) is 2. The lowest BCUT2D eigenvalue weighted by atomic mass is 10.0. The summed E-state index contributed by atoms with van der Waals surface area (Å²) in [5, 5.41) is 3.60. The standard InChI is InChI=1S/C32H37Cl2N3O6S/c1-3-5-16-35-32(39)28(19-23-10-7-6-8-11-23)36(21-25-26(33)12-9-13-27(25)34)31(38)22-37(44(40,41)4-2)24-14-15-29-30(20-24)43-18-17-42-29/h6-15,20,28H,3-5,16-19,21-22H2,1-2H3,(H,35,39)/t28-/m1/s1. The zero-order chi connectivity index (χ0) is 31.7. The molecular formula is C32H37Cl2N3O6S. The molecule has 0 spiro atoms. The number of carbonyl (C=O) groups excluding carboxylic acids is 2. The number of halogens is 2. The Bertz CT molecular complexity index is 1530. The predicted octanol–water partition coefficient (Wildman–Crippen LogP) is 5.48. The molecule has 4 rings (SSSR count). The highest BCUT2D eigenvalue weighted by molar-refractivity contribution is 7.92. The van der Waals surface area contributed by atoms with Gasteiger partial charge < -0.3 is 19.7 Å². The van der Waals surface area contributed by atoms with Gasteiger partial charge in [-0.25, -0.2) is 8.42 Å². The van der Waals surface area contributed by atoms with Crippen molar-refractivity contribution < 1.29 is 27.5 Å². The van der Waals surface area contributed by atoms with E-state index in [0.29, 0.717) is 46.9 Å². The van der Waals surface area contributed by atoms with Crippen molar-refractivity contribution in [3.05, 3.63) is 87.9 Å². The number of unbranched alkanes of at least 4 members (excludes halogenated alkanes) is 1. The van der Waals surface area contributed by atoms with E-state index in [1.807, 2.05) is 37.3 Å². The Morgan fingerprint density at radius 3 is 2.27 bits per heavy atom. The summed E-state index contributed by atoms with van der Waals surface area (Å²) < 4.78 is 39.2. The van der Waals surface area contributed by atoms with Gasteiger partial charge in [-0.15, -0.1) is 0 Å². The number of amides is 2. The normalized spacial score (nSPS) is 13.2. The van der Waals surface area contributed by atoms with Gasteiger partial charge in [-0.1, -0.05) is 72.9 Å². The summed E-state index contributed by atoms with van der Waals surface area (Å²) in [6.45, 7) is 3.97. The number of anilines is 1. The molecular weight excluding hydrogens is 625 g/mol. The molecule has 0 aliphatic carbocycles. The first kappa shape index (κ1) is 33.4. The monoisotopic (exact) mass is 661 g/mol. The molecule has 3 aromatic rings. The number of rotatable bonds is 14. The molecule has 9 nitrogen and oxygen atoms in total.